The summed E-state index contributed by atoms with van der Waals surface area (Å²) >= 11 is 0. The van der Waals surface area contributed by atoms with Crippen LogP contribution in [0.25, 0.3) is 0 Å². The van der Waals surface area contributed by atoms with E-state index in [0.29, 0.717) is 12.1 Å². The summed E-state index contributed by atoms with van der Waals surface area (Å²) in [6.07, 6.45) is 0.222. The van der Waals surface area contributed by atoms with Crippen molar-refractivity contribution in [3.63, 3.8) is 0 Å². The van der Waals surface area contributed by atoms with Crippen molar-refractivity contribution in [2.45, 2.75) is 12.8 Å². The van der Waals surface area contributed by atoms with Crippen LogP contribution in [0.2, 0.25) is 0 Å². The van der Waals surface area contributed by atoms with Crippen molar-refractivity contribution in [2.24, 2.45) is 5.92 Å². The van der Waals surface area contributed by atoms with Crippen LogP contribution in [-0.2, 0) is 16.0 Å². The Balaban J connectivity index is 2.25. The fraction of sp³-hybridized carbons (Fsp3) is 0.273. The fourth-order valence-electron chi connectivity index (χ4n) is 1.83. The fourth-order valence-corrected chi connectivity index (χ4v) is 1.83. The number of amides is 1. The quantitative estimate of drug-likeness (QED) is 0.694. The van der Waals surface area contributed by atoms with Crippen molar-refractivity contribution in [1.82, 2.24) is 0 Å². The summed E-state index contributed by atoms with van der Waals surface area (Å²) in [5.74, 6) is -1.74. The molecule has 1 atom stereocenters. The minimum Gasteiger partial charge on any atom is -0.508 e. The first kappa shape index (κ1) is 10.5. The molecule has 1 aromatic carbocycles. The predicted octanol–water partition coefficient (Wildman–Crippen LogP) is 0.978. The summed E-state index contributed by atoms with van der Waals surface area (Å²) in [7, 11) is 0. The van der Waals surface area contributed by atoms with Crippen molar-refractivity contribution in [2.75, 3.05) is 5.32 Å². The molecule has 0 saturated heterocycles. The molecule has 0 spiro atoms. The zero-order valence-electron chi connectivity index (χ0n) is 8.43. The highest BCUT2D eigenvalue weighted by molar-refractivity contribution is 5.97. The number of aromatic hydroxyl groups is 1. The van der Waals surface area contributed by atoms with Gasteiger partial charge < -0.3 is 15.5 Å². The van der Waals surface area contributed by atoms with Crippen molar-refractivity contribution >= 4 is 17.6 Å². The predicted molar refractivity (Wildman–Crippen MR) is 56.2 cm³/mol. The average Bonchev–Trinajstić information content (AvgIpc) is 2.19. The molecule has 1 unspecified atom stereocenters. The van der Waals surface area contributed by atoms with Crippen molar-refractivity contribution in [3.8, 4) is 5.75 Å². The summed E-state index contributed by atoms with van der Waals surface area (Å²) in [5, 5.41) is 20.5. The molecule has 84 valence electrons. The van der Waals surface area contributed by atoms with E-state index in [2.05, 4.69) is 5.32 Å². The van der Waals surface area contributed by atoms with Crippen molar-refractivity contribution < 1.29 is 19.8 Å². The second-order valence-corrected chi connectivity index (χ2v) is 3.83. The third-order valence-electron chi connectivity index (χ3n) is 2.61. The molecule has 1 aromatic rings. The number of phenolic OH excluding ortho intramolecular Hbond substituents is 1. The smallest absolute Gasteiger partial charge is 0.304 e. The number of nitrogens with one attached hydrogen (secondary N) is 1. The van der Waals surface area contributed by atoms with E-state index >= 15 is 0 Å². The molecular formula is C11H11NO4. The highest BCUT2D eigenvalue weighted by atomic mass is 16.4. The number of hydrogen-bond donors (Lipinski definition) is 3. The number of rotatable bonds is 2. The van der Waals surface area contributed by atoms with Gasteiger partial charge in [0.05, 0.1) is 12.3 Å². The summed E-state index contributed by atoms with van der Waals surface area (Å²) in [5.41, 5.74) is 1.41. The van der Waals surface area contributed by atoms with Gasteiger partial charge in [0.1, 0.15) is 5.75 Å². The largest absolute Gasteiger partial charge is 0.508 e. The van der Waals surface area contributed by atoms with E-state index in [-0.39, 0.29) is 18.1 Å². The van der Waals surface area contributed by atoms with Gasteiger partial charge in [-0.15, -0.1) is 0 Å². The summed E-state index contributed by atoms with van der Waals surface area (Å²) in [4.78, 5) is 22.1. The molecule has 0 radical (unpaired) electrons. The van der Waals surface area contributed by atoms with Gasteiger partial charge in [-0.2, -0.15) is 0 Å². The van der Waals surface area contributed by atoms with E-state index in [1.54, 1.807) is 6.07 Å². The van der Waals surface area contributed by atoms with Gasteiger partial charge >= 0.3 is 5.97 Å². The summed E-state index contributed by atoms with van der Waals surface area (Å²) in [6, 6.07) is 4.68. The monoisotopic (exact) mass is 221 g/mol. The van der Waals surface area contributed by atoms with Gasteiger partial charge in [0.2, 0.25) is 5.91 Å². The molecule has 0 fully saturated rings. The third-order valence-corrected chi connectivity index (χ3v) is 2.61. The van der Waals surface area contributed by atoms with Gasteiger partial charge in [0.25, 0.3) is 0 Å². The molecule has 3 N–H and O–H groups in total. The Bertz CT molecular complexity index is 455. The number of anilines is 1. The Hall–Kier alpha value is -2.04. The molecule has 16 heavy (non-hydrogen) atoms. The number of phenols is 1. The van der Waals surface area contributed by atoms with Gasteiger partial charge in [-0.05, 0) is 18.1 Å². The zero-order valence-corrected chi connectivity index (χ0v) is 8.43. The van der Waals surface area contributed by atoms with E-state index in [0.717, 1.165) is 5.56 Å². The summed E-state index contributed by atoms with van der Waals surface area (Å²) in [6.45, 7) is 0. The van der Waals surface area contributed by atoms with Gasteiger partial charge in [0, 0.05) is 11.8 Å². The van der Waals surface area contributed by atoms with Crippen LogP contribution < -0.4 is 5.32 Å². The minimum absolute atomic E-state index is 0.0794. The van der Waals surface area contributed by atoms with Gasteiger partial charge in [-0.3, -0.25) is 9.59 Å². The van der Waals surface area contributed by atoms with Gasteiger partial charge in [-0.1, -0.05) is 6.07 Å². The van der Waals surface area contributed by atoms with E-state index in [9.17, 15) is 14.7 Å². The normalized spacial score (nSPS) is 18.8. The molecule has 0 aliphatic carbocycles. The number of fused-ring (bicyclic) bond motifs is 1. The van der Waals surface area contributed by atoms with Crippen LogP contribution >= 0.6 is 0 Å². The second kappa shape index (κ2) is 3.84. The van der Waals surface area contributed by atoms with E-state index < -0.39 is 11.9 Å². The first-order valence-corrected chi connectivity index (χ1v) is 4.91. The lowest BCUT2D eigenvalue weighted by atomic mass is 9.91. The molecule has 1 amide bonds. The number of carboxylic acids is 1. The number of carbonyl (C=O) groups excluding carboxylic acids is 1. The van der Waals surface area contributed by atoms with Crippen LogP contribution in [0.1, 0.15) is 12.0 Å². The molecule has 2 rings (SSSR count). The number of aliphatic carboxylic acids is 1. The summed E-state index contributed by atoms with van der Waals surface area (Å²) < 4.78 is 0. The van der Waals surface area contributed by atoms with Gasteiger partial charge in [-0.25, -0.2) is 0 Å². The van der Waals surface area contributed by atoms with Crippen molar-refractivity contribution in [3.05, 3.63) is 23.8 Å². The molecule has 0 saturated carbocycles. The van der Waals surface area contributed by atoms with Crippen LogP contribution in [0.15, 0.2) is 18.2 Å². The number of carboxylic acid groups (broad SMARTS) is 1. The number of hydrogen-bond acceptors (Lipinski definition) is 3. The highest BCUT2D eigenvalue weighted by Gasteiger charge is 2.28. The van der Waals surface area contributed by atoms with Crippen LogP contribution in [0.5, 0.6) is 5.75 Å². The maximum atomic E-state index is 11.5. The highest BCUT2D eigenvalue weighted by Crippen LogP contribution is 2.29. The van der Waals surface area contributed by atoms with Crippen LogP contribution in [0.4, 0.5) is 5.69 Å². The Morgan fingerprint density at radius 1 is 1.50 bits per heavy atom. The first-order valence-electron chi connectivity index (χ1n) is 4.91. The molecule has 5 heteroatoms. The molecular weight excluding hydrogens is 210 g/mol. The van der Waals surface area contributed by atoms with E-state index in [4.69, 9.17) is 5.11 Å². The Morgan fingerprint density at radius 3 is 2.94 bits per heavy atom. The Morgan fingerprint density at radius 2 is 2.25 bits per heavy atom. The third kappa shape index (κ3) is 1.98. The molecule has 1 aliphatic heterocycles. The van der Waals surface area contributed by atoms with Crippen molar-refractivity contribution in [1.29, 1.82) is 0 Å². The number of carbonyl (C=O) groups is 2. The van der Waals surface area contributed by atoms with Crippen LogP contribution in [0, 0.1) is 5.92 Å². The standard InChI is InChI=1S/C11H11NO4/c13-8-2-1-6-3-7(4-10(14)15)11(16)12-9(6)5-8/h1-2,5,7,13H,3-4H2,(H,12,16)(H,14,15). The topological polar surface area (TPSA) is 86.6 Å². The lowest BCUT2D eigenvalue weighted by Crippen LogP contribution is -2.31. The maximum absolute atomic E-state index is 11.5. The SMILES string of the molecule is O=C(O)CC1Cc2ccc(O)cc2NC1=O. The van der Waals surface area contributed by atoms with E-state index in [1.165, 1.54) is 12.1 Å². The molecule has 1 heterocycles. The maximum Gasteiger partial charge on any atom is 0.304 e. The molecule has 0 aromatic heterocycles. The zero-order chi connectivity index (χ0) is 11.7. The molecule has 1 aliphatic rings. The van der Waals surface area contributed by atoms with Crippen LogP contribution in [-0.4, -0.2) is 22.1 Å². The first-order chi connectivity index (χ1) is 7.56. The lowest BCUT2D eigenvalue weighted by molar-refractivity contribution is -0.140. The molecule has 0 bridgehead atoms. The number of benzene rings is 1. The minimum atomic E-state index is -0.984. The van der Waals surface area contributed by atoms with Gasteiger partial charge in [0.15, 0.2) is 0 Å². The average molecular weight is 221 g/mol. The van der Waals surface area contributed by atoms with Crippen LogP contribution in [0.3, 0.4) is 0 Å². The molecule has 5 nitrogen and oxygen atoms in total. The second-order valence-electron chi connectivity index (χ2n) is 3.83. The Labute approximate surface area is 91.7 Å². The lowest BCUT2D eigenvalue weighted by Gasteiger charge is -2.23. The van der Waals surface area contributed by atoms with E-state index in [1.807, 2.05) is 0 Å². The Kier molecular flexibility index (Phi) is 2.52.